The summed E-state index contributed by atoms with van der Waals surface area (Å²) in [5.74, 6) is -0.396. The number of aliphatic imine (C=N–C) groups is 1. The fourth-order valence-corrected chi connectivity index (χ4v) is 4.74. The van der Waals surface area contributed by atoms with Crippen molar-refractivity contribution in [2.75, 3.05) is 0 Å². The molecule has 0 radical (unpaired) electrons. The number of fused-ring (bicyclic) bond motifs is 1. The van der Waals surface area contributed by atoms with Gasteiger partial charge in [-0.15, -0.1) is 0 Å². The fraction of sp³-hybridized carbons (Fsp3) is 0.321. The number of benzene rings is 2. The van der Waals surface area contributed by atoms with Gasteiger partial charge in [0.05, 0.1) is 28.3 Å². The van der Waals surface area contributed by atoms with E-state index < -0.39 is 17.7 Å². The summed E-state index contributed by atoms with van der Waals surface area (Å²) in [6.45, 7) is 6.20. The molecule has 9 heteroatoms. The van der Waals surface area contributed by atoms with E-state index in [-0.39, 0.29) is 17.9 Å². The van der Waals surface area contributed by atoms with Gasteiger partial charge in [-0.3, -0.25) is 4.99 Å². The summed E-state index contributed by atoms with van der Waals surface area (Å²) in [5.41, 5.74) is 4.27. The molecule has 1 aliphatic rings. The van der Waals surface area contributed by atoms with Gasteiger partial charge in [-0.2, -0.15) is 18.3 Å². The maximum atomic E-state index is 15.1. The van der Waals surface area contributed by atoms with E-state index in [0.29, 0.717) is 11.6 Å². The number of nitrogens with zero attached hydrogens (tertiary/aromatic N) is 5. The number of rotatable bonds is 5. The Bertz CT molecular complexity index is 1480. The SMILES string of the molecule is CCn1cc(C(F)(F)F)nc1-c1ccc(/N=C2\CCCc3nn(-c4ccccc4C(C)C)cc32)cc1F. The molecular formula is C28H27F4N5. The van der Waals surface area contributed by atoms with E-state index in [2.05, 4.69) is 24.9 Å². The minimum atomic E-state index is -4.60. The average molecular weight is 510 g/mol. The van der Waals surface area contributed by atoms with Gasteiger partial charge in [0.1, 0.15) is 11.6 Å². The molecule has 5 nitrogen and oxygen atoms in total. The van der Waals surface area contributed by atoms with Crippen molar-refractivity contribution in [3.8, 4) is 17.1 Å². The third-order valence-electron chi connectivity index (χ3n) is 6.60. The molecule has 1 aliphatic carbocycles. The maximum absolute atomic E-state index is 15.1. The van der Waals surface area contributed by atoms with E-state index in [9.17, 15) is 13.2 Å². The van der Waals surface area contributed by atoms with Crippen molar-refractivity contribution in [2.45, 2.75) is 58.7 Å². The largest absolute Gasteiger partial charge is 0.434 e. The van der Waals surface area contributed by atoms with E-state index in [1.54, 1.807) is 13.0 Å². The maximum Gasteiger partial charge on any atom is 0.434 e. The van der Waals surface area contributed by atoms with Gasteiger partial charge in [-0.1, -0.05) is 32.0 Å². The van der Waals surface area contributed by atoms with Crippen LogP contribution >= 0.6 is 0 Å². The Balaban J connectivity index is 1.50. The first-order valence-electron chi connectivity index (χ1n) is 12.4. The molecule has 0 atom stereocenters. The highest BCUT2D eigenvalue weighted by Crippen LogP contribution is 2.33. The van der Waals surface area contributed by atoms with Crippen LogP contribution in [-0.4, -0.2) is 25.0 Å². The van der Waals surface area contributed by atoms with Crippen LogP contribution in [0.5, 0.6) is 0 Å². The molecule has 0 spiro atoms. The molecule has 0 unspecified atom stereocenters. The number of halogens is 4. The third kappa shape index (κ3) is 4.82. The zero-order valence-corrected chi connectivity index (χ0v) is 20.8. The van der Waals surface area contributed by atoms with E-state index in [1.807, 2.05) is 29.1 Å². The standard InChI is InChI=1S/C28H27F4N5/c1-4-36-16-26(28(30,31)32)34-27(36)20-13-12-18(14-22(20)29)33-23-9-7-10-24-21(23)15-37(35-24)25-11-6-5-8-19(25)17(2)3/h5-6,8,11-17H,4,7,9-10H2,1-3H3/b33-23+. The summed E-state index contributed by atoms with van der Waals surface area (Å²) in [6, 6.07) is 12.4. The summed E-state index contributed by atoms with van der Waals surface area (Å²) in [7, 11) is 0. The highest BCUT2D eigenvalue weighted by molar-refractivity contribution is 6.03. The molecule has 0 N–H and O–H groups in total. The second-order valence-corrected chi connectivity index (χ2v) is 9.46. The van der Waals surface area contributed by atoms with Gasteiger partial charge in [0.2, 0.25) is 0 Å². The lowest BCUT2D eigenvalue weighted by Gasteiger charge is -2.12. The van der Waals surface area contributed by atoms with Gasteiger partial charge in [0.25, 0.3) is 0 Å². The number of hydrogen-bond donors (Lipinski definition) is 0. The predicted molar refractivity (Wildman–Crippen MR) is 135 cm³/mol. The number of alkyl halides is 3. The molecule has 5 rings (SSSR count). The monoisotopic (exact) mass is 509 g/mol. The molecule has 0 fully saturated rings. The van der Waals surface area contributed by atoms with Crippen LogP contribution in [0.3, 0.4) is 0 Å². The molecule has 0 saturated carbocycles. The van der Waals surface area contributed by atoms with Crippen molar-refractivity contribution < 1.29 is 17.6 Å². The van der Waals surface area contributed by atoms with Gasteiger partial charge in [0, 0.05) is 30.6 Å². The lowest BCUT2D eigenvalue weighted by molar-refractivity contribution is -0.140. The van der Waals surface area contributed by atoms with Crippen molar-refractivity contribution in [2.24, 2.45) is 4.99 Å². The minimum Gasteiger partial charge on any atom is -0.331 e. The summed E-state index contributed by atoms with van der Waals surface area (Å²) in [4.78, 5) is 8.38. The van der Waals surface area contributed by atoms with E-state index in [4.69, 9.17) is 10.1 Å². The molecular weight excluding hydrogens is 482 g/mol. The molecule has 4 aromatic rings. The van der Waals surface area contributed by atoms with Crippen molar-refractivity contribution in [3.63, 3.8) is 0 Å². The van der Waals surface area contributed by atoms with Crippen LogP contribution in [0.1, 0.15) is 62.0 Å². The van der Waals surface area contributed by atoms with Gasteiger partial charge in [0.15, 0.2) is 5.69 Å². The zero-order valence-electron chi connectivity index (χ0n) is 20.8. The molecule has 0 amide bonds. The zero-order chi connectivity index (χ0) is 26.3. The first-order chi connectivity index (χ1) is 17.7. The van der Waals surface area contributed by atoms with E-state index in [1.165, 1.54) is 22.3 Å². The normalized spacial score (nSPS) is 15.0. The number of imidazole rings is 1. The van der Waals surface area contributed by atoms with Crippen LogP contribution < -0.4 is 0 Å². The molecule has 0 bridgehead atoms. The Hall–Kier alpha value is -3.75. The second kappa shape index (κ2) is 9.61. The van der Waals surface area contributed by atoms with Crippen LogP contribution in [0.2, 0.25) is 0 Å². The number of para-hydroxylation sites is 1. The van der Waals surface area contributed by atoms with Crippen LogP contribution in [0.15, 0.2) is 59.9 Å². The van der Waals surface area contributed by atoms with Gasteiger partial charge >= 0.3 is 6.18 Å². The summed E-state index contributed by atoms with van der Waals surface area (Å²) >= 11 is 0. The van der Waals surface area contributed by atoms with Crippen LogP contribution in [0.4, 0.5) is 23.2 Å². The molecule has 2 aromatic heterocycles. The molecule has 2 aromatic carbocycles. The van der Waals surface area contributed by atoms with Crippen LogP contribution in [0, 0.1) is 5.82 Å². The predicted octanol–water partition coefficient (Wildman–Crippen LogP) is 7.49. The topological polar surface area (TPSA) is 48.0 Å². The minimum absolute atomic E-state index is 0.00347. The molecule has 192 valence electrons. The molecule has 37 heavy (non-hydrogen) atoms. The molecule has 2 heterocycles. The Kier molecular flexibility index (Phi) is 6.47. The van der Waals surface area contributed by atoms with Crippen molar-refractivity contribution >= 4 is 11.4 Å². The Labute approximate surface area is 212 Å². The lowest BCUT2D eigenvalue weighted by atomic mass is 9.96. The Morgan fingerprint density at radius 1 is 1.03 bits per heavy atom. The van der Waals surface area contributed by atoms with E-state index in [0.717, 1.165) is 48.1 Å². The van der Waals surface area contributed by atoms with E-state index >= 15 is 4.39 Å². The summed E-state index contributed by atoms with van der Waals surface area (Å²) in [5, 5.41) is 4.83. The number of aromatic nitrogens is 4. The highest BCUT2D eigenvalue weighted by Gasteiger charge is 2.35. The Morgan fingerprint density at radius 3 is 2.51 bits per heavy atom. The first-order valence-corrected chi connectivity index (χ1v) is 12.4. The average Bonchev–Trinajstić information content (AvgIpc) is 3.49. The number of hydrogen-bond acceptors (Lipinski definition) is 3. The smallest absolute Gasteiger partial charge is 0.331 e. The van der Waals surface area contributed by atoms with Crippen LogP contribution in [0.25, 0.3) is 17.1 Å². The Morgan fingerprint density at radius 2 is 1.81 bits per heavy atom. The molecule has 0 aliphatic heterocycles. The van der Waals surface area contributed by atoms with Crippen molar-refractivity contribution in [3.05, 3.63) is 83.2 Å². The van der Waals surface area contributed by atoms with Crippen molar-refractivity contribution in [1.82, 2.24) is 19.3 Å². The van der Waals surface area contributed by atoms with Gasteiger partial charge in [-0.05, 0) is 55.9 Å². The fourth-order valence-electron chi connectivity index (χ4n) is 4.74. The van der Waals surface area contributed by atoms with Gasteiger partial charge < -0.3 is 4.57 Å². The molecule has 0 saturated heterocycles. The van der Waals surface area contributed by atoms with Crippen LogP contribution in [-0.2, 0) is 19.1 Å². The third-order valence-corrected chi connectivity index (χ3v) is 6.60. The summed E-state index contributed by atoms with van der Waals surface area (Å²) in [6.07, 6.45) is 0.722. The van der Waals surface area contributed by atoms with Crippen molar-refractivity contribution in [1.29, 1.82) is 0 Å². The first kappa shape index (κ1) is 24.9. The summed E-state index contributed by atoms with van der Waals surface area (Å²) < 4.78 is 57.8. The quantitative estimate of drug-likeness (QED) is 0.262. The highest BCUT2D eigenvalue weighted by atomic mass is 19.4. The van der Waals surface area contributed by atoms with Gasteiger partial charge in [-0.25, -0.2) is 14.1 Å². The second-order valence-electron chi connectivity index (χ2n) is 9.46. The number of aryl methyl sites for hydroxylation is 2. The lowest BCUT2D eigenvalue weighted by Crippen LogP contribution is -2.10.